The van der Waals surface area contributed by atoms with Gasteiger partial charge in [-0.3, -0.25) is 9.89 Å². The maximum Gasteiger partial charge on any atom is 0.249 e. The number of carbonyl (C=O) groups is 1. The molecule has 0 radical (unpaired) electrons. The van der Waals surface area contributed by atoms with Crippen molar-refractivity contribution < 1.29 is 4.79 Å². The van der Waals surface area contributed by atoms with Crippen molar-refractivity contribution in [1.29, 1.82) is 0 Å². The molecular formula is C12H10ClN3O. The predicted molar refractivity (Wildman–Crippen MR) is 67.7 cm³/mol. The van der Waals surface area contributed by atoms with Crippen LogP contribution in [0.5, 0.6) is 0 Å². The molecule has 0 saturated heterocycles. The van der Waals surface area contributed by atoms with Gasteiger partial charge in [0.05, 0.1) is 6.20 Å². The fraction of sp³-hybridized carbons (Fsp3) is 0. The highest BCUT2D eigenvalue weighted by Crippen LogP contribution is 2.10. The Kier molecular flexibility index (Phi) is 3.57. The van der Waals surface area contributed by atoms with Crippen LogP contribution in [-0.4, -0.2) is 16.1 Å². The van der Waals surface area contributed by atoms with Gasteiger partial charge in [0, 0.05) is 17.2 Å². The van der Waals surface area contributed by atoms with Crippen molar-refractivity contribution in [2.24, 2.45) is 0 Å². The summed E-state index contributed by atoms with van der Waals surface area (Å²) in [6.07, 6.45) is 4.73. The fourth-order valence-electron chi connectivity index (χ4n) is 1.25. The Bertz CT molecular complexity index is 517. The smallest absolute Gasteiger partial charge is 0.249 e. The zero-order valence-electron chi connectivity index (χ0n) is 8.85. The van der Waals surface area contributed by atoms with Crippen molar-refractivity contribution in [3.8, 4) is 0 Å². The Morgan fingerprint density at radius 1 is 1.29 bits per heavy atom. The lowest BCUT2D eigenvalue weighted by molar-refractivity contribution is -0.111. The van der Waals surface area contributed by atoms with Gasteiger partial charge in [0.15, 0.2) is 0 Å². The van der Waals surface area contributed by atoms with E-state index < -0.39 is 0 Å². The number of carbonyl (C=O) groups excluding carboxylic acids is 1. The number of nitrogens with one attached hydrogen (secondary N) is 2. The molecule has 0 atom stereocenters. The van der Waals surface area contributed by atoms with Crippen LogP contribution in [0, 0.1) is 0 Å². The van der Waals surface area contributed by atoms with Gasteiger partial charge in [-0.15, -0.1) is 0 Å². The third kappa shape index (κ3) is 3.46. The lowest BCUT2D eigenvalue weighted by Gasteiger charge is -1.97. The fourth-order valence-corrected chi connectivity index (χ4v) is 1.37. The minimum Gasteiger partial charge on any atom is -0.307 e. The summed E-state index contributed by atoms with van der Waals surface area (Å²) in [4.78, 5) is 11.5. The number of nitrogens with zero attached hydrogens (tertiary/aromatic N) is 1. The first-order valence-electron chi connectivity index (χ1n) is 4.98. The number of benzene rings is 1. The summed E-state index contributed by atoms with van der Waals surface area (Å²) in [5, 5.41) is 9.67. The summed E-state index contributed by atoms with van der Waals surface area (Å²) >= 11 is 5.75. The average molecular weight is 248 g/mol. The highest BCUT2D eigenvalue weighted by atomic mass is 35.5. The molecule has 0 aliphatic heterocycles. The van der Waals surface area contributed by atoms with E-state index in [4.69, 9.17) is 11.6 Å². The van der Waals surface area contributed by atoms with Crippen LogP contribution >= 0.6 is 11.6 Å². The molecule has 0 fully saturated rings. The molecule has 2 rings (SSSR count). The molecule has 4 nitrogen and oxygen atoms in total. The number of H-pyrrole nitrogens is 1. The van der Waals surface area contributed by atoms with Gasteiger partial charge in [0.25, 0.3) is 0 Å². The number of halogens is 1. The highest BCUT2D eigenvalue weighted by Gasteiger charge is 1.97. The number of rotatable bonds is 3. The molecule has 2 N–H and O–H groups in total. The van der Waals surface area contributed by atoms with Gasteiger partial charge in [-0.2, -0.15) is 5.10 Å². The van der Waals surface area contributed by atoms with Crippen molar-refractivity contribution >= 4 is 29.4 Å². The van der Waals surface area contributed by atoms with Crippen LogP contribution in [0.2, 0.25) is 5.02 Å². The monoisotopic (exact) mass is 247 g/mol. The van der Waals surface area contributed by atoms with Crippen LogP contribution in [0.25, 0.3) is 6.08 Å². The molecule has 1 heterocycles. The molecule has 0 spiro atoms. The van der Waals surface area contributed by atoms with E-state index in [-0.39, 0.29) is 5.91 Å². The van der Waals surface area contributed by atoms with Crippen LogP contribution in [-0.2, 0) is 4.79 Å². The summed E-state index contributed by atoms with van der Waals surface area (Å²) < 4.78 is 0. The largest absolute Gasteiger partial charge is 0.307 e. The first-order valence-corrected chi connectivity index (χ1v) is 5.36. The number of amides is 1. The zero-order valence-corrected chi connectivity index (χ0v) is 9.61. The van der Waals surface area contributed by atoms with E-state index in [1.807, 2.05) is 12.1 Å². The van der Waals surface area contributed by atoms with Gasteiger partial charge in [-0.05, 0) is 23.8 Å². The van der Waals surface area contributed by atoms with Crippen LogP contribution in [0.1, 0.15) is 5.56 Å². The standard InChI is InChI=1S/C12H10ClN3O/c13-10-4-1-9(2-5-10)3-6-12(17)15-11-7-8-14-16-11/h1-8H,(H2,14,15,16,17)/b6-3+. The van der Waals surface area contributed by atoms with Crippen LogP contribution in [0.15, 0.2) is 42.6 Å². The van der Waals surface area contributed by atoms with Gasteiger partial charge in [0.1, 0.15) is 5.82 Å². The Hall–Kier alpha value is -2.07. The molecule has 5 heteroatoms. The van der Waals surface area contributed by atoms with E-state index in [1.165, 1.54) is 6.08 Å². The van der Waals surface area contributed by atoms with Gasteiger partial charge < -0.3 is 5.32 Å². The van der Waals surface area contributed by atoms with Crippen molar-refractivity contribution in [3.05, 3.63) is 53.2 Å². The molecule has 1 aromatic heterocycles. The van der Waals surface area contributed by atoms with E-state index in [2.05, 4.69) is 15.5 Å². The molecule has 0 bridgehead atoms. The molecule has 0 aliphatic rings. The predicted octanol–water partition coefficient (Wildman–Crippen LogP) is 2.71. The topological polar surface area (TPSA) is 57.8 Å². The second-order valence-corrected chi connectivity index (χ2v) is 3.78. The Morgan fingerprint density at radius 2 is 2.06 bits per heavy atom. The van der Waals surface area contributed by atoms with Gasteiger partial charge >= 0.3 is 0 Å². The first-order chi connectivity index (χ1) is 8.24. The molecule has 1 aromatic carbocycles. The summed E-state index contributed by atoms with van der Waals surface area (Å²) in [6, 6.07) is 8.89. The maximum atomic E-state index is 11.5. The van der Waals surface area contributed by atoms with Crippen LogP contribution < -0.4 is 5.32 Å². The first kappa shape index (κ1) is 11.4. The third-order valence-electron chi connectivity index (χ3n) is 2.06. The summed E-state index contributed by atoms with van der Waals surface area (Å²) in [7, 11) is 0. The second kappa shape index (κ2) is 5.32. The van der Waals surface area contributed by atoms with Crippen molar-refractivity contribution in [2.45, 2.75) is 0 Å². The minimum atomic E-state index is -0.218. The van der Waals surface area contributed by atoms with E-state index in [0.29, 0.717) is 10.8 Å². The molecule has 17 heavy (non-hydrogen) atoms. The third-order valence-corrected chi connectivity index (χ3v) is 2.31. The number of aromatic amines is 1. The van der Waals surface area contributed by atoms with Crippen molar-refractivity contribution in [1.82, 2.24) is 10.2 Å². The molecular weight excluding hydrogens is 238 g/mol. The average Bonchev–Trinajstić information content (AvgIpc) is 2.81. The van der Waals surface area contributed by atoms with E-state index in [1.54, 1.807) is 30.5 Å². The summed E-state index contributed by atoms with van der Waals surface area (Å²) in [5.74, 6) is 0.347. The molecule has 86 valence electrons. The quantitative estimate of drug-likeness (QED) is 0.820. The van der Waals surface area contributed by atoms with Crippen molar-refractivity contribution in [3.63, 3.8) is 0 Å². The molecule has 0 unspecified atom stereocenters. The van der Waals surface area contributed by atoms with Gasteiger partial charge in [-0.25, -0.2) is 0 Å². The second-order valence-electron chi connectivity index (χ2n) is 3.34. The maximum absolute atomic E-state index is 11.5. The van der Waals surface area contributed by atoms with Crippen LogP contribution in [0.3, 0.4) is 0 Å². The lowest BCUT2D eigenvalue weighted by atomic mass is 10.2. The van der Waals surface area contributed by atoms with E-state index in [9.17, 15) is 4.79 Å². The molecule has 1 amide bonds. The SMILES string of the molecule is O=C(/C=C/c1ccc(Cl)cc1)Nc1ccn[nH]1. The highest BCUT2D eigenvalue weighted by molar-refractivity contribution is 6.30. The summed E-state index contributed by atoms with van der Waals surface area (Å²) in [6.45, 7) is 0. The number of anilines is 1. The molecule has 2 aromatic rings. The normalized spacial score (nSPS) is 10.6. The van der Waals surface area contributed by atoms with Gasteiger partial charge in [0.2, 0.25) is 5.91 Å². The zero-order chi connectivity index (χ0) is 12.1. The lowest BCUT2D eigenvalue weighted by Crippen LogP contribution is -2.07. The van der Waals surface area contributed by atoms with Gasteiger partial charge in [-0.1, -0.05) is 23.7 Å². The number of aromatic nitrogens is 2. The van der Waals surface area contributed by atoms with Crippen LogP contribution in [0.4, 0.5) is 5.82 Å². The Balaban J connectivity index is 1.96. The molecule has 0 saturated carbocycles. The summed E-state index contributed by atoms with van der Waals surface area (Å²) in [5.41, 5.74) is 0.911. The molecule has 0 aliphatic carbocycles. The number of hydrogen-bond acceptors (Lipinski definition) is 2. The minimum absolute atomic E-state index is 0.218. The van der Waals surface area contributed by atoms with Crippen molar-refractivity contribution in [2.75, 3.05) is 5.32 Å². The van der Waals surface area contributed by atoms with E-state index >= 15 is 0 Å². The number of hydrogen-bond donors (Lipinski definition) is 2. The Labute approximate surface area is 103 Å². The Morgan fingerprint density at radius 3 is 2.71 bits per heavy atom. The van der Waals surface area contributed by atoms with E-state index in [0.717, 1.165) is 5.56 Å².